The Bertz CT molecular complexity index is 1020. The molecule has 0 unspecified atom stereocenters. The van der Waals surface area contributed by atoms with Gasteiger partial charge in [0.25, 0.3) is 0 Å². The average Bonchev–Trinajstić information content (AvgIpc) is 2.69. The number of benzene rings is 2. The van der Waals surface area contributed by atoms with Gasteiger partial charge in [-0.3, -0.25) is 0 Å². The molecule has 0 aliphatic heterocycles. The van der Waals surface area contributed by atoms with Crippen molar-refractivity contribution in [2.45, 2.75) is 13.5 Å². The van der Waals surface area contributed by atoms with Gasteiger partial charge in [0.2, 0.25) is 5.70 Å². The van der Waals surface area contributed by atoms with Crippen LogP contribution in [0.4, 0.5) is 14.5 Å². The van der Waals surface area contributed by atoms with Crippen LogP contribution in [0, 0.1) is 6.92 Å². The summed E-state index contributed by atoms with van der Waals surface area (Å²) in [5.74, 6) is -0.371. The van der Waals surface area contributed by atoms with Crippen LogP contribution in [0.2, 0.25) is 0 Å². The topological polar surface area (TPSA) is 48.2 Å². The van der Waals surface area contributed by atoms with E-state index in [9.17, 15) is 13.9 Å². The SMILES string of the molecule is Cc1ccc[n+](C(C(=S)Nc2ccccc2)=C([O-])c2ccc(OC(F)F)cc2)c1. The molecule has 7 heteroatoms. The van der Waals surface area contributed by atoms with Crippen LogP contribution in [-0.2, 0) is 0 Å². The first kappa shape index (κ1) is 20.4. The van der Waals surface area contributed by atoms with Crippen LogP contribution >= 0.6 is 12.2 Å². The highest BCUT2D eigenvalue weighted by Gasteiger charge is 2.19. The number of hydrogen-bond acceptors (Lipinski definition) is 3. The molecule has 2 aromatic carbocycles. The molecule has 0 saturated heterocycles. The molecule has 148 valence electrons. The van der Waals surface area contributed by atoms with Crippen LogP contribution in [0.15, 0.2) is 79.1 Å². The number of hydrogen-bond donors (Lipinski definition) is 1. The van der Waals surface area contributed by atoms with E-state index >= 15 is 0 Å². The maximum absolute atomic E-state index is 13.2. The molecule has 0 spiro atoms. The third-order valence-corrected chi connectivity index (χ3v) is 4.31. The van der Waals surface area contributed by atoms with Crippen LogP contribution in [0.1, 0.15) is 11.1 Å². The normalized spacial score (nSPS) is 11.7. The van der Waals surface area contributed by atoms with Crippen LogP contribution in [0.25, 0.3) is 11.5 Å². The van der Waals surface area contributed by atoms with E-state index in [0.29, 0.717) is 5.56 Å². The lowest BCUT2D eigenvalue weighted by molar-refractivity contribution is -0.578. The molecule has 0 aliphatic carbocycles. The van der Waals surface area contributed by atoms with Crippen molar-refractivity contribution in [3.05, 3.63) is 90.3 Å². The van der Waals surface area contributed by atoms with E-state index < -0.39 is 6.61 Å². The number of ether oxygens (including phenoxy) is 1. The minimum Gasteiger partial charge on any atom is -0.867 e. The monoisotopic (exact) mass is 412 g/mol. The number of anilines is 1. The van der Waals surface area contributed by atoms with E-state index in [0.717, 1.165) is 11.3 Å². The number of halogens is 2. The minimum atomic E-state index is -2.93. The van der Waals surface area contributed by atoms with E-state index in [1.165, 1.54) is 24.3 Å². The van der Waals surface area contributed by atoms with Gasteiger partial charge in [-0.25, -0.2) is 0 Å². The Morgan fingerprint density at radius 3 is 2.34 bits per heavy atom. The quantitative estimate of drug-likeness (QED) is 0.288. The second-order valence-corrected chi connectivity index (χ2v) is 6.60. The van der Waals surface area contributed by atoms with Crippen molar-refractivity contribution in [3.63, 3.8) is 0 Å². The van der Waals surface area contributed by atoms with Crippen LogP contribution in [0.3, 0.4) is 0 Å². The third-order valence-electron chi connectivity index (χ3n) is 4.01. The third kappa shape index (κ3) is 5.36. The van der Waals surface area contributed by atoms with E-state index in [1.807, 2.05) is 49.4 Å². The number of rotatable bonds is 6. The summed E-state index contributed by atoms with van der Waals surface area (Å²) in [4.78, 5) is 0.240. The number of alkyl halides is 2. The maximum atomic E-state index is 13.2. The zero-order valence-electron chi connectivity index (χ0n) is 15.5. The Labute approximate surface area is 172 Å². The molecule has 1 N–H and O–H groups in total. The molecule has 1 heterocycles. The molecule has 0 atom stereocenters. The molecule has 0 radical (unpaired) electrons. The maximum Gasteiger partial charge on any atom is 0.387 e. The van der Waals surface area contributed by atoms with Crippen molar-refractivity contribution < 1.29 is 23.2 Å². The van der Waals surface area contributed by atoms with Gasteiger partial charge in [0.05, 0.1) is 0 Å². The minimum absolute atomic E-state index is 0.0219. The molecule has 3 aromatic rings. The summed E-state index contributed by atoms with van der Waals surface area (Å²) in [6, 6.07) is 18.5. The Balaban J connectivity index is 2.02. The number of para-hydroxylation sites is 1. The standard InChI is InChI=1S/C22H18F2N2O2S/c1-15-6-5-13-26(14-15)19(21(29)25-17-7-3-2-4-8-17)20(27)16-9-11-18(12-10-16)28-22(23)24/h2-14,22H,1H3,(H-,25,27,29). The van der Waals surface area contributed by atoms with Crippen molar-refractivity contribution >= 4 is 34.3 Å². The molecule has 29 heavy (non-hydrogen) atoms. The highest BCUT2D eigenvalue weighted by molar-refractivity contribution is 7.81. The molecule has 0 aliphatic rings. The molecule has 0 saturated carbocycles. The van der Waals surface area contributed by atoms with E-state index in [-0.39, 0.29) is 22.2 Å². The first-order valence-electron chi connectivity index (χ1n) is 8.75. The van der Waals surface area contributed by atoms with Gasteiger partial charge in [-0.1, -0.05) is 42.5 Å². The highest BCUT2D eigenvalue weighted by Crippen LogP contribution is 2.21. The van der Waals surface area contributed by atoms with Gasteiger partial charge >= 0.3 is 6.61 Å². The second-order valence-electron chi connectivity index (χ2n) is 6.19. The Hall–Kier alpha value is -3.32. The van der Waals surface area contributed by atoms with Crippen molar-refractivity contribution in [1.82, 2.24) is 0 Å². The second kappa shape index (κ2) is 9.25. The average molecular weight is 412 g/mol. The molecule has 3 rings (SSSR count). The fourth-order valence-corrected chi connectivity index (χ4v) is 3.02. The molecule has 4 nitrogen and oxygen atoms in total. The molecule has 0 bridgehead atoms. The number of nitrogens with one attached hydrogen (secondary N) is 1. The van der Waals surface area contributed by atoms with Gasteiger partial charge in [0, 0.05) is 17.3 Å². The van der Waals surface area contributed by atoms with Gasteiger partial charge in [-0.05, 0) is 48.6 Å². The summed E-state index contributed by atoms with van der Waals surface area (Å²) in [7, 11) is 0. The summed E-state index contributed by atoms with van der Waals surface area (Å²) in [5.41, 5.74) is 2.24. The van der Waals surface area contributed by atoms with E-state index in [4.69, 9.17) is 12.2 Å². The molecule has 0 amide bonds. The smallest absolute Gasteiger partial charge is 0.387 e. The van der Waals surface area contributed by atoms with Crippen molar-refractivity contribution in [3.8, 4) is 5.75 Å². The van der Waals surface area contributed by atoms with Crippen LogP contribution < -0.4 is 19.7 Å². The Kier molecular flexibility index (Phi) is 6.51. The number of nitrogens with zero attached hydrogens (tertiary/aromatic N) is 1. The summed E-state index contributed by atoms with van der Waals surface area (Å²) < 4.78 is 30.7. The Morgan fingerprint density at radius 2 is 1.72 bits per heavy atom. The van der Waals surface area contributed by atoms with Crippen LogP contribution in [0.5, 0.6) is 5.75 Å². The molecule has 1 aromatic heterocycles. The van der Waals surface area contributed by atoms with E-state index in [1.54, 1.807) is 17.0 Å². The van der Waals surface area contributed by atoms with Crippen LogP contribution in [-0.4, -0.2) is 11.6 Å². The highest BCUT2D eigenvalue weighted by atomic mass is 32.1. The fraction of sp³-hybridized carbons (Fsp3) is 0.0909. The number of thiocarbonyl (C=S) groups is 1. The zero-order valence-corrected chi connectivity index (χ0v) is 16.3. The lowest BCUT2D eigenvalue weighted by Gasteiger charge is -2.17. The summed E-state index contributed by atoms with van der Waals surface area (Å²) in [6.07, 6.45) is 3.52. The summed E-state index contributed by atoms with van der Waals surface area (Å²) >= 11 is 5.53. The molecule has 0 fully saturated rings. The zero-order chi connectivity index (χ0) is 20.8. The number of pyridine rings is 1. The predicted molar refractivity (Wildman–Crippen MR) is 110 cm³/mol. The first-order valence-corrected chi connectivity index (χ1v) is 9.16. The van der Waals surface area contributed by atoms with Gasteiger partial charge in [-0.15, -0.1) is 0 Å². The predicted octanol–water partition coefficient (Wildman–Crippen LogP) is 4.01. The first-order chi connectivity index (χ1) is 13.9. The molecular formula is C22H18F2N2O2S. The fourth-order valence-electron chi connectivity index (χ4n) is 2.71. The van der Waals surface area contributed by atoms with Gasteiger partial charge < -0.3 is 15.2 Å². The number of aryl methyl sites for hydroxylation is 1. The van der Waals surface area contributed by atoms with Crippen molar-refractivity contribution in [2.75, 3.05) is 5.32 Å². The van der Waals surface area contributed by atoms with E-state index in [2.05, 4.69) is 10.1 Å². The lowest BCUT2D eigenvalue weighted by atomic mass is 10.1. The lowest BCUT2D eigenvalue weighted by Crippen LogP contribution is -2.40. The van der Waals surface area contributed by atoms with Crippen molar-refractivity contribution in [1.29, 1.82) is 0 Å². The number of aromatic nitrogens is 1. The van der Waals surface area contributed by atoms with Crippen molar-refractivity contribution in [2.24, 2.45) is 0 Å². The van der Waals surface area contributed by atoms with Gasteiger partial charge in [0.15, 0.2) is 17.4 Å². The van der Waals surface area contributed by atoms with Gasteiger partial charge in [-0.2, -0.15) is 13.3 Å². The summed E-state index contributed by atoms with van der Waals surface area (Å²) in [6.45, 7) is -1.02. The van der Waals surface area contributed by atoms with Gasteiger partial charge in [0.1, 0.15) is 5.75 Å². The Morgan fingerprint density at radius 1 is 1.03 bits per heavy atom. The largest absolute Gasteiger partial charge is 0.867 e. The molecular weight excluding hydrogens is 394 g/mol. The summed E-state index contributed by atoms with van der Waals surface area (Å²) in [5, 5.41) is 16.3.